The van der Waals surface area contributed by atoms with Crippen molar-refractivity contribution in [1.82, 2.24) is 24.6 Å². The van der Waals surface area contributed by atoms with E-state index in [1.54, 1.807) is 0 Å². The monoisotopic (exact) mass is 254 g/mol. The second kappa shape index (κ2) is 450. The van der Waals surface area contributed by atoms with E-state index in [-0.39, 0.29) is 53.8 Å². The molecule has 0 aliphatic rings. The Labute approximate surface area is 85.3 Å². The van der Waals surface area contributed by atoms with Crippen molar-refractivity contribution in [3.05, 3.63) is 9.81 Å². The average Bonchev–Trinajstić information content (AvgIpc) is 1.39. The predicted molar refractivity (Wildman–Crippen MR) is 33.1 cm³/mol. The summed E-state index contributed by atoms with van der Waals surface area (Å²) in [6, 6.07) is 0. The van der Waals surface area contributed by atoms with Gasteiger partial charge in [0.05, 0.1) is 0 Å². The fourth-order valence-corrected chi connectivity index (χ4v) is 0. The molecule has 0 aromatic rings. The van der Waals surface area contributed by atoms with Crippen molar-refractivity contribution in [1.29, 1.82) is 0 Å². The average molecular weight is 255 g/mol. The first-order chi connectivity index (χ1) is 2.83. The smallest absolute Gasteiger partial charge is 1.00 e. The van der Waals surface area contributed by atoms with E-state index in [4.69, 9.17) is 20.2 Å². The molecule has 0 aromatic carbocycles. The molecule has 0 amide bonds. The van der Waals surface area contributed by atoms with Crippen LogP contribution in [0.1, 0.15) is 0 Å². The van der Waals surface area contributed by atoms with E-state index in [0.29, 0.717) is 0 Å². The van der Waals surface area contributed by atoms with E-state index in [1.165, 1.54) is 0 Å². The van der Waals surface area contributed by atoms with Crippen molar-refractivity contribution in [2.75, 3.05) is 0 Å². The van der Waals surface area contributed by atoms with Gasteiger partial charge in [0.2, 0.25) is 10.7 Å². The topological polar surface area (TPSA) is 239 Å². The van der Waals surface area contributed by atoms with Gasteiger partial charge in [-0.05, 0) is 0 Å². The van der Waals surface area contributed by atoms with Gasteiger partial charge in [-0.2, -0.15) is 0 Å². The molecule has 12 heteroatoms. The van der Waals surface area contributed by atoms with Crippen LogP contribution in [0.5, 0.6) is 0 Å². The minimum atomic E-state index is 0. The van der Waals surface area contributed by atoms with Crippen LogP contribution in [-0.2, 0) is 27.2 Å². The Morgan fingerprint density at radius 1 is 0.667 bits per heavy atom. The molecule has 0 saturated heterocycles. The van der Waals surface area contributed by atoms with Crippen LogP contribution >= 0.6 is 0 Å². The zero-order valence-electron chi connectivity index (χ0n) is 6.07. The molecule has 0 heterocycles. The Bertz CT molecular complexity index is 40.5. The normalized spacial score (nSPS) is 2.00. The van der Waals surface area contributed by atoms with Crippen LogP contribution in [-0.4, -0.2) is 0 Å². The predicted octanol–water partition coefficient (Wildman–Crippen LogP) is -2.15. The number of nitrogens with zero attached hydrogens (tertiary/aromatic N) is 2. The quantitative estimate of drug-likeness (QED) is 0.277. The van der Waals surface area contributed by atoms with Gasteiger partial charge in [0.15, 0.2) is 0 Å². The summed E-state index contributed by atoms with van der Waals surface area (Å²) < 4.78 is 0. The summed E-state index contributed by atoms with van der Waals surface area (Å²) in [5.74, 6) is 0. The SMILES string of the molecule is N.N.N.N.[Cl-].[Co+3].[O]N=O.[O]N=O. The van der Waals surface area contributed by atoms with Crippen molar-refractivity contribution in [3.8, 4) is 0 Å². The van der Waals surface area contributed by atoms with Crippen LogP contribution in [0.2, 0.25) is 0 Å². The van der Waals surface area contributed by atoms with Gasteiger partial charge < -0.3 is 37.0 Å². The Balaban J connectivity index is -0.00000000296. The number of hydrogen-bond donors (Lipinski definition) is 4. The van der Waals surface area contributed by atoms with Crippen molar-refractivity contribution >= 4 is 0 Å². The number of hydrogen-bond acceptors (Lipinski definition) is 8. The van der Waals surface area contributed by atoms with E-state index < -0.39 is 0 Å². The third-order valence-electron chi connectivity index (χ3n) is 0. The Morgan fingerprint density at radius 2 is 0.667 bits per heavy atom. The summed E-state index contributed by atoms with van der Waals surface area (Å²) >= 11 is 0. The number of halogens is 1. The van der Waals surface area contributed by atoms with Crippen LogP contribution in [0.15, 0.2) is 10.7 Å². The van der Waals surface area contributed by atoms with Gasteiger partial charge in [0.1, 0.15) is 0 Å². The van der Waals surface area contributed by atoms with E-state index in [0.717, 1.165) is 10.7 Å². The second-order valence-corrected chi connectivity index (χ2v) is 0.149. The molecule has 0 atom stereocenters. The molecule has 0 unspecified atom stereocenters. The third kappa shape index (κ3) is 2120. The van der Waals surface area contributed by atoms with E-state index in [1.807, 2.05) is 0 Å². The maximum absolute atomic E-state index is 8.00. The van der Waals surface area contributed by atoms with E-state index in [2.05, 4.69) is 0 Å². The minimum Gasteiger partial charge on any atom is -1.00 e. The molecule has 12 heavy (non-hydrogen) atoms. The molecule has 12 N–H and O–H groups in total. The molecule has 0 aliphatic carbocycles. The summed E-state index contributed by atoms with van der Waals surface area (Å²) in [5.41, 5.74) is 0. The maximum Gasteiger partial charge on any atom is 3.00 e. The van der Waals surface area contributed by atoms with Crippen LogP contribution < -0.4 is 37.0 Å². The molecule has 80 valence electrons. The molecule has 0 spiro atoms. The molecular weight excluding hydrogens is 242 g/mol. The van der Waals surface area contributed by atoms with Gasteiger partial charge in [-0.25, -0.2) is 0 Å². The van der Waals surface area contributed by atoms with Crippen LogP contribution in [0.3, 0.4) is 0 Å². The Hall–Kier alpha value is -0.564. The fraction of sp³-hybridized carbons (Fsp3) is 0. The van der Waals surface area contributed by atoms with Crippen molar-refractivity contribution in [2.45, 2.75) is 0 Å². The Kier molecular flexibility index (Phi) is 3960. The van der Waals surface area contributed by atoms with Crippen molar-refractivity contribution in [3.63, 3.8) is 0 Å². The van der Waals surface area contributed by atoms with E-state index >= 15 is 0 Å². The first-order valence-electron chi connectivity index (χ1n) is 0.730. The zero-order valence-corrected chi connectivity index (χ0v) is 7.86. The molecule has 0 rings (SSSR count). The largest absolute Gasteiger partial charge is 3.00 e. The maximum atomic E-state index is 8.00. The molecule has 0 aliphatic heterocycles. The molecule has 0 aromatic heterocycles. The molecule has 10 nitrogen and oxygen atoms in total. The van der Waals surface area contributed by atoms with Crippen molar-refractivity contribution in [2.24, 2.45) is 10.7 Å². The molecular formula is H12ClCoN6O4+2. The third-order valence-corrected chi connectivity index (χ3v) is 0. The Morgan fingerprint density at radius 3 is 0.667 bits per heavy atom. The first-order valence-corrected chi connectivity index (χ1v) is 0.730. The summed E-state index contributed by atoms with van der Waals surface area (Å²) in [5, 5.41) is 18.0. The van der Waals surface area contributed by atoms with Gasteiger partial charge >= 0.3 is 16.8 Å². The van der Waals surface area contributed by atoms with Crippen molar-refractivity contribution < 1.29 is 39.6 Å². The molecule has 0 fully saturated rings. The van der Waals surface area contributed by atoms with Crippen LogP contribution in [0.4, 0.5) is 0 Å². The van der Waals surface area contributed by atoms with Gasteiger partial charge in [0.25, 0.3) is 0 Å². The number of rotatable bonds is 0. The van der Waals surface area contributed by atoms with Gasteiger partial charge in [-0.3, -0.25) is 0 Å². The second-order valence-electron chi connectivity index (χ2n) is 0.149. The molecule has 2 radical (unpaired) electrons. The molecule has 0 bridgehead atoms. The van der Waals surface area contributed by atoms with E-state index in [9.17, 15) is 0 Å². The fourth-order valence-electron chi connectivity index (χ4n) is 0. The summed E-state index contributed by atoms with van der Waals surface area (Å²) in [4.78, 5) is 16.0. The minimum absolute atomic E-state index is 0. The standard InChI is InChI=1S/ClH.Co.2NO2.4H3N/c;;2*2-1-3;;;;/h1H;;;;4*1H3/q;+3;;;;;;/p-1. The molecule has 0 saturated carbocycles. The van der Waals surface area contributed by atoms with Crippen LogP contribution in [0, 0.1) is 9.81 Å². The first kappa shape index (κ1) is 105. The van der Waals surface area contributed by atoms with Gasteiger partial charge in [0, 0.05) is 0 Å². The van der Waals surface area contributed by atoms with Crippen LogP contribution in [0.25, 0.3) is 0 Å². The summed E-state index contributed by atoms with van der Waals surface area (Å²) in [6.45, 7) is 0. The summed E-state index contributed by atoms with van der Waals surface area (Å²) in [6.07, 6.45) is 0. The van der Waals surface area contributed by atoms with Gasteiger partial charge in [-0.1, -0.05) is 0 Å². The summed E-state index contributed by atoms with van der Waals surface area (Å²) in [7, 11) is 0. The van der Waals surface area contributed by atoms with Gasteiger partial charge in [-0.15, -0.1) is 20.2 Å². The zero-order chi connectivity index (χ0) is 5.41.